The molecule has 5 nitrogen and oxygen atoms in total. The molecule has 0 saturated heterocycles. The first-order valence-corrected chi connectivity index (χ1v) is 6.37. The largest absolute Gasteiger partial charge is 0.483 e. The van der Waals surface area contributed by atoms with Crippen molar-refractivity contribution in [2.24, 2.45) is 0 Å². The molecule has 0 bridgehead atoms. The molecule has 1 aromatic rings. The minimum Gasteiger partial charge on any atom is -0.483 e. The zero-order chi connectivity index (χ0) is 15.2. The van der Waals surface area contributed by atoms with E-state index in [1.54, 1.807) is 29.6 Å². The molecule has 0 spiro atoms. The monoisotopic (exact) mass is 402 g/mol. The number of nitrogens with one attached hydrogen (secondary N) is 2. The number of ether oxygens (including phenoxy) is 1. The second-order valence-corrected chi connectivity index (χ2v) is 4.73. The highest BCUT2D eigenvalue weighted by atomic mass is 127. The third-order valence-corrected chi connectivity index (χ3v) is 2.79. The Hall–Kier alpha value is -1.52. The van der Waals surface area contributed by atoms with Crippen LogP contribution in [0.1, 0.15) is 0 Å². The van der Waals surface area contributed by atoms with E-state index in [9.17, 15) is 22.8 Å². The van der Waals surface area contributed by atoms with Gasteiger partial charge in [0.05, 0.1) is 3.57 Å². The van der Waals surface area contributed by atoms with Crippen LogP contribution in [-0.4, -0.2) is 31.3 Å². The average molecular weight is 402 g/mol. The third-order valence-electron chi connectivity index (χ3n) is 1.90. The Bertz CT molecular complexity index is 494. The zero-order valence-electron chi connectivity index (χ0n) is 9.96. The minimum absolute atomic E-state index is 0.443. The Labute approximate surface area is 126 Å². The quantitative estimate of drug-likeness (QED) is 0.758. The van der Waals surface area contributed by atoms with Gasteiger partial charge < -0.3 is 10.1 Å². The van der Waals surface area contributed by atoms with Crippen molar-refractivity contribution < 1.29 is 27.5 Å². The lowest BCUT2D eigenvalue weighted by Crippen LogP contribution is -2.44. The van der Waals surface area contributed by atoms with Crippen molar-refractivity contribution in [3.05, 3.63) is 27.8 Å². The lowest BCUT2D eigenvalue weighted by molar-refractivity contribution is -0.125. The van der Waals surface area contributed by atoms with Crippen LogP contribution in [0.15, 0.2) is 24.3 Å². The molecule has 0 aliphatic heterocycles. The van der Waals surface area contributed by atoms with E-state index in [-0.39, 0.29) is 0 Å². The second-order valence-electron chi connectivity index (χ2n) is 3.57. The van der Waals surface area contributed by atoms with Gasteiger partial charge in [-0.25, -0.2) is 4.79 Å². The Kier molecular flexibility index (Phi) is 6.05. The number of rotatable bonds is 4. The van der Waals surface area contributed by atoms with Gasteiger partial charge in [-0.1, -0.05) is 12.1 Å². The second kappa shape index (κ2) is 7.31. The molecule has 0 aliphatic carbocycles. The molecule has 0 fully saturated rings. The Morgan fingerprint density at radius 1 is 1.25 bits per heavy atom. The van der Waals surface area contributed by atoms with Crippen molar-refractivity contribution in [3.63, 3.8) is 0 Å². The van der Waals surface area contributed by atoms with Crippen LogP contribution < -0.4 is 15.4 Å². The van der Waals surface area contributed by atoms with Gasteiger partial charge in [-0.3, -0.25) is 10.1 Å². The maximum absolute atomic E-state index is 11.8. The van der Waals surface area contributed by atoms with Crippen LogP contribution in [0.3, 0.4) is 0 Å². The number of urea groups is 1. The Morgan fingerprint density at radius 3 is 2.50 bits per heavy atom. The van der Waals surface area contributed by atoms with Gasteiger partial charge in [-0.2, -0.15) is 13.2 Å². The van der Waals surface area contributed by atoms with Crippen LogP contribution >= 0.6 is 22.6 Å². The smallest absolute Gasteiger partial charge is 0.405 e. The molecule has 0 heterocycles. The SMILES string of the molecule is O=C(COc1ccccc1I)NC(=O)NCC(F)(F)F. The predicted octanol–water partition coefficient (Wildman–Crippen LogP) is 2.06. The molecule has 0 saturated carbocycles. The number of hydrogen-bond acceptors (Lipinski definition) is 3. The zero-order valence-corrected chi connectivity index (χ0v) is 12.1. The minimum atomic E-state index is -4.53. The van der Waals surface area contributed by atoms with E-state index in [0.29, 0.717) is 5.75 Å². The van der Waals surface area contributed by atoms with E-state index < -0.39 is 31.3 Å². The van der Waals surface area contributed by atoms with Crippen LogP contribution in [-0.2, 0) is 4.79 Å². The van der Waals surface area contributed by atoms with Crippen molar-refractivity contribution in [2.75, 3.05) is 13.2 Å². The van der Waals surface area contributed by atoms with Crippen LogP contribution in [0.4, 0.5) is 18.0 Å². The molecule has 0 aliphatic rings. The highest BCUT2D eigenvalue weighted by Crippen LogP contribution is 2.19. The molecule has 0 atom stereocenters. The molecule has 9 heteroatoms. The molecule has 3 amide bonds. The number of para-hydroxylation sites is 1. The van der Waals surface area contributed by atoms with Gasteiger partial charge in [-0.15, -0.1) is 0 Å². The molecule has 20 heavy (non-hydrogen) atoms. The number of amides is 3. The van der Waals surface area contributed by atoms with Crippen molar-refractivity contribution in [1.82, 2.24) is 10.6 Å². The normalized spacial score (nSPS) is 10.8. The van der Waals surface area contributed by atoms with Crippen molar-refractivity contribution in [2.45, 2.75) is 6.18 Å². The van der Waals surface area contributed by atoms with E-state index in [0.717, 1.165) is 3.57 Å². The third kappa shape index (κ3) is 6.59. The fourth-order valence-electron chi connectivity index (χ4n) is 1.09. The number of hydrogen-bond donors (Lipinski definition) is 2. The fraction of sp³-hybridized carbons (Fsp3) is 0.273. The molecular weight excluding hydrogens is 392 g/mol. The first-order valence-electron chi connectivity index (χ1n) is 5.29. The summed E-state index contributed by atoms with van der Waals surface area (Å²) in [5.74, 6) is -0.400. The van der Waals surface area contributed by atoms with E-state index >= 15 is 0 Å². The van der Waals surface area contributed by atoms with E-state index in [2.05, 4.69) is 0 Å². The predicted molar refractivity (Wildman–Crippen MR) is 72.3 cm³/mol. The summed E-state index contributed by atoms with van der Waals surface area (Å²) in [6, 6.07) is 5.63. The van der Waals surface area contributed by atoms with Gasteiger partial charge in [-0.05, 0) is 34.7 Å². The lowest BCUT2D eigenvalue weighted by atomic mass is 10.3. The lowest BCUT2D eigenvalue weighted by Gasteiger charge is -2.10. The molecule has 0 radical (unpaired) electrons. The standard InChI is InChI=1S/C11H10F3IN2O3/c12-11(13,14)6-16-10(19)17-9(18)5-20-8-4-2-1-3-7(8)15/h1-4H,5-6H2,(H2,16,17,18,19). The van der Waals surface area contributed by atoms with Gasteiger partial charge >= 0.3 is 12.2 Å². The van der Waals surface area contributed by atoms with Gasteiger partial charge in [0.1, 0.15) is 12.3 Å². The summed E-state index contributed by atoms with van der Waals surface area (Å²) in [5.41, 5.74) is 0. The summed E-state index contributed by atoms with van der Waals surface area (Å²) < 4.78 is 41.3. The first kappa shape index (κ1) is 16.5. The van der Waals surface area contributed by atoms with E-state index in [1.165, 1.54) is 5.32 Å². The van der Waals surface area contributed by atoms with Gasteiger partial charge in [0.25, 0.3) is 5.91 Å². The number of carbonyl (C=O) groups excluding carboxylic acids is 2. The van der Waals surface area contributed by atoms with Gasteiger partial charge in [0.15, 0.2) is 6.61 Å². The molecule has 1 rings (SSSR count). The van der Waals surface area contributed by atoms with Crippen LogP contribution in [0.2, 0.25) is 0 Å². The summed E-state index contributed by atoms with van der Waals surface area (Å²) in [6.45, 7) is -1.98. The van der Waals surface area contributed by atoms with Crippen molar-refractivity contribution in [3.8, 4) is 5.75 Å². The Balaban J connectivity index is 2.34. The summed E-state index contributed by atoms with van der Waals surface area (Å²) in [6.07, 6.45) is -4.53. The molecule has 1 aromatic carbocycles. The van der Waals surface area contributed by atoms with Crippen molar-refractivity contribution >= 4 is 34.5 Å². The maximum Gasteiger partial charge on any atom is 0.405 e. The van der Waals surface area contributed by atoms with Crippen LogP contribution in [0.25, 0.3) is 0 Å². The topological polar surface area (TPSA) is 67.4 Å². The molecule has 0 aromatic heterocycles. The van der Waals surface area contributed by atoms with Crippen LogP contribution in [0.5, 0.6) is 5.75 Å². The maximum atomic E-state index is 11.8. The fourth-order valence-corrected chi connectivity index (χ4v) is 1.64. The number of benzene rings is 1. The number of halogens is 4. The highest BCUT2D eigenvalue weighted by Gasteiger charge is 2.27. The first-order chi connectivity index (χ1) is 9.28. The summed E-state index contributed by atoms with van der Waals surface area (Å²) >= 11 is 1.99. The van der Waals surface area contributed by atoms with Gasteiger partial charge in [0.2, 0.25) is 0 Å². The highest BCUT2D eigenvalue weighted by molar-refractivity contribution is 14.1. The molecular formula is C11H10F3IN2O3. The number of carbonyl (C=O) groups is 2. The van der Waals surface area contributed by atoms with Crippen LogP contribution in [0, 0.1) is 3.57 Å². The van der Waals surface area contributed by atoms with Crippen molar-refractivity contribution in [1.29, 1.82) is 0 Å². The average Bonchev–Trinajstić information content (AvgIpc) is 2.35. The number of imide groups is 1. The van der Waals surface area contributed by atoms with Gasteiger partial charge in [0, 0.05) is 0 Å². The molecule has 110 valence electrons. The van der Waals surface area contributed by atoms with E-state index in [4.69, 9.17) is 4.74 Å². The Morgan fingerprint density at radius 2 is 1.90 bits per heavy atom. The van der Waals surface area contributed by atoms with E-state index in [1.807, 2.05) is 22.6 Å². The summed E-state index contributed by atoms with van der Waals surface area (Å²) in [5, 5.41) is 3.24. The summed E-state index contributed by atoms with van der Waals surface area (Å²) in [4.78, 5) is 22.3. The molecule has 2 N–H and O–H groups in total. The summed E-state index contributed by atoms with van der Waals surface area (Å²) in [7, 11) is 0. The molecule has 0 unspecified atom stereocenters. The number of alkyl halides is 3.